The van der Waals surface area contributed by atoms with Crippen molar-refractivity contribution in [2.24, 2.45) is 5.14 Å². The largest absolute Gasteiger partial charge is 0.368 e. The summed E-state index contributed by atoms with van der Waals surface area (Å²) in [6.45, 7) is 3.39. The van der Waals surface area contributed by atoms with Crippen molar-refractivity contribution in [3.8, 4) is 11.3 Å². The molecule has 1 aliphatic heterocycles. The van der Waals surface area contributed by atoms with Gasteiger partial charge in [0.2, 0.25) is 10.0 Å². The highest BCUT2D eigenvalue weighted by molar-refractivity contribution is 7.89. The average molecular weight is 519 g/mol. The Hall–Kier alpha value is -3.53. The molecule has 1 fully saturated rings. The van der Waals surface area contributed by atoms with Crippen LogP contribution in [0, 0.1) is 0 Å². The van der Waals surface area contributed by atoms with Gasteiger partial charge in [-0.2, -0.15) is 0 Å². The maximum Gasteiger partial charge on any atom is 0.238 e. The number of piperazine rings is 1. The maximum atomic E-state index is 13.3. The minimum atomic E-state index is -4.02. The predicted octanol–water partition coefficient (Wildman–Crippen LogP) is 4.21. The number of rotatable bonds is 7. The summed E-state index contributed by atoms with van der Waals surface area (Å²) in [5.41, 5.74) is 2.99. The molecule has 5 rings (SSSR count). The first-order chi connectivity index (χ1) is 17.4. The fourth-order valence-electron chi connectivity index (χ4n) is 4.40. The van der Waals surface area contributed by atoms with Crippen molar-refractivity contribution >= 4 is 38.0 Å². The van der Waals surface area contributed by atoms with Gasteiger partial charge in [-0.3, -0.25) is 4.79 Å². The number of anilines is 2. The first-order valence-electron chi connectivity index (χ1n) is 11.7. The number of hydrogen-bond acceptors (Lipinski definition) is 7. The zero-order chi connectivity index (χ0) is 25.1. The third-order valence-electron chi connectivity index (χ3n) is 6.22. The summed E-state index contributed by atoms with van der Waals surface area (Å²) in [5.74, 6) is -0.305. The third kappa shape index (κ3) is 5.18. The van der Waals surface area contributed by atoms with E-state index in [-0.39, 0.29) is 22.7 Å². The SMILES string of the molecule is NS(=O)(=O)c1ccccc1C(=O)Cc1sc(N2CCN(c3ccccc3)CC2)nc1-c1ccccc1. The van der Waals surface area contributed by atoms with Crippen molar-refractivity contribution in [2.75, 3.05) is 36.0 Å². The van der Waals surface area contributed by atoms with Crippen LogP contribution in [0.1, 0.15) is 15.2 Å². The van der Waals surface area contributed by atoms with Crippen molar-refractivity contribution in [1.82, 2.24) is 4.98 Å². The summed E-state index contributed by atoms with van der Waals surface area (Å²) in [5, 5.41) is 6.23. The monoisotopic (exact) mass is 518 g/mol. The molecule has 36 heavy (non-hydrogen) atoms. The second-order valence-corrected chi connectivity index (χ2v) is 11.2. The smallest absolute Gasteiger partial charge is 0.238 e. The topological polar surface area (TPSA) is 96.6 Å². The van der Waals surface area contributed by atoms with E-state index in [1.165, 1.54) is 29.2 Å². The van der Waals surface area contributed by atoms with Crippen molar-refractivity contribution in [3.63, 3.8) is 0 Å². The van der Waals surface area contributed by atoms with Crippen LogP contribution < -0.4 is 14.9 Å². The van der Waals surface area contributed by atoms with Crippen LogP contribution in [0.5, 0.6) is 0 Å². The zero-order valence-corrected chi connectivity index (χ0v) is 21.2. The van der Waals surface area contributed by atoms with Crippen LogP contribution in [0.15, 0.2) is 89.8 Å². The van der Waals surface area contributed by atoms with Crippen LogP contribution in [-0.2, 0) is 16.4 Å². The number of nitrogens with two attached hydrogens (primary N) is 1. The summed E-state index contributed by atoms with van der Waals surface area (Å²) < 4.78 is 24.1. The quantitative estimate of drug-likeness (QED) is 0.368. The second kappa shape index (κ2) is 10.2. The Morgan fingerprint density at radius 2 is 1.42 bits per heavy atom. The predicted molar refractivity (Wildman–Crippen MR) is 144 cm³/mol. The van der Waals surface area contributed by atoms with Gasteiger partial charge in [0, 0.05) is 54.3 Å². The molecule has 0 aliphatic carbocycles. The summed E-state index contributed by atoms with van der Waals surface area (Å²) >= 11 is 1.49. The molecule has 0 spiro atoms. The summed E-state index contributed by atoms with van der Waals surface area (Å²) in [6.07, 6.45) is 0.0401. The van der Waals surface area contributed by atoms with Gasteiger partial charge in [0.1, 0.15) is 0 Å². The van der Waals surface area contributed by atoms with E-state index in [9.17, 15) is 13.2 Å². The average Bonchev–Trinajstić information content (AvgIpc) is 3.33. The van der Waals surface area contributed by atoms with Crippen LogP contribution in [0.4, 0.5) is 10.8 Å². The molecule has 0 unspecified atom stereocenters. The van der Waals surface area contributed by atoms with E-state index in [2.05, 4.69) is 21.9 Å². The maximum absolute atomic E-state index is 13.3. The fourth-order valence-corrected chi connectivity index (χ4v) is 6.29. The minimum Gasteiger partial charge on any atom is -0.368 e. The van der Waals surface area contributed by atoms with Gasteiger partial charge < -0.3 is 9.80 Å². The van der Waals surface area contributed by atoms with Gasteiger partial charge in [-0.05, 0) is 18.2 Å². The van der Waals surface area contributed by atoms with Crippen molar-refractivity contribution in [1.29, 1.82) is 0 Å². The van der Waals surface area contributed by atoms with E-state index in [0.717, 1.165) is 47.4 Å². The van der Waals surface area contributed by atoms with Gasteiger partial charge >= 0.3 is 0 Å². The Bertz CT molecular complexity index is 1460. The van der Waals surface area contributed by atoms with Gasteiger partial charge in [0.25, 0.3) is 0 Å². The van der Waals surface area contributed by atoms with E-state index >= 15 is 0 Å². The molecular formula is C27H26N4O3S2. The number of para-hydroxylation sites is 1. The molecule has 184 valence electrons. The van der Waals surface area contributed by atoms with E-state index in [1.807, 2.05) is 48.5 Å². The first-order valence-corrected chi connectivity index (χ1v) is 14.0. The lowest BCUT2D eigenvalue weighted by Crippen LogP contribution is -2.46. The normalized spacial score (nSPS) is 14.1. The number of benzene rings is 3. The molecule has 0 bridgehead atoms. The Labute approximate surface area is 214 Å². The number of carbonyl (C=O) groups is 1. The molecule has 7 nitrogen and oxygen atoms in total. The van der Waals surface area contributed by atoms with E-state index in [0.29, 0.717) is 0 Å². The molecule has 4 aromatic rings. The molecule has 1 aliphatic rings. The number of Topliss-reactive ketones (excluding diaryl/α,β-unsaturated/α-hetero) is 1. The molecule has 0 amide bonds. The molecule has 2 N–H and O–H groups in total. The molecule has 0 atom stereocenters. The number of sulfonamides is 1. The minimum absolute atomic E-state index is 0.0401. The Balaban J connectivity index is 1.42. The molecule has 0 saturated carbocycles. The molecule has 0 radical (unpaired) electrons. The number of carbonyl (C=O) groups excluding carboxylic acids is 1. The lowest BCUT2D eigenvalue weighted by atomic mass is 10.0. The summed E-state index contributed by atoms with van der Waals surface area (Å²) in [6, 6.07) is 26.2. The van der Waals surface area contributed by atoms with Crippen LogP contribution in [-0.4, -0.2) is 45.4 Å². The number of hydrogen-bond donors (Lipinski definition) is 1. The van der Waals surface area contributed by atoms with Crippen LogP contribution in [0.2, 0.25) is 0 Å². The molecule has 2 heterocycles. The van der Waals surface area contributed by atoms with E-state index in [1.54, 1.807) is 12.1 Å². The standard InChI is InChI=1S/C27H26N4O3S2/c28-36(33,34)25-14-8-7-13-22(25)23(32)19-24-26(20-9-3-1-4-10-20)29-27(35-24)31-17-15-30(16-18-31)21-11-5-2-6-12-21/h1-14H,15-19H2,(H2,28,33,34). The second-order valence-electron chi connectivity index (χ2n) is 8.59. The van der Waals surface area contributed by atoms with Crippen LogP contribution in [0.3, 0.4) is 0 Å². The van der Waals surface area contributed by atoms with Crippen molar-refractivity contribution in [3.05, 3.63) is 95.4 Å². The Morgan fingerprint density at radius 1 is 0.833 bits per heavy atom. The molecule has 3 aromatic carbocycles. The molecule has 1 aromatic heterocycles. The molecule has 1 saturated heterocycles. The van der Waals surface area contributed by atoms with E-state index < -0.39 is 10.0 Å². The highest BCUT2D eigenvalue weighted by atomic mass is 32.2. The van der Waals surface area contributed by atoms with Crippen LogP contribution >= 0.6 is 11.3 Å². The van der Waals surface area contributed by atoms with Crippen molar-refractivity contribution in [2.45, 2.75) is 11.3 Å². The lowest BCUT2D eigenvalue weighted by Gasteiger charge is -2.36. The van der Waals surface area contributed by atoms with Crippen LogP contribution in [0.25, 0.3) is 11.3 Å². The summed E-state index contributed by atoms with van der Waals surface area (Å²) in [7, 11) is -4.02. The van der Waals surface area contributed by atoms with Crippen molar-refractivity contribution < 1.29 is 13.2 Å². The van der Waals surface area contributed by atoms with Gasteiger partial charge in [-0.1, -0.05) is 66.7 Å². The highest BCUT2D eigenvalue weighted by Gasteiger charge is 2.25. The first kappa shape index (κ1) is 24.2. The lowest BCUT2D eigenvalue weighted by molar-refractivity contribution is 0.0990. The van der Waals surface area contributed by atoms with Gasteiger partial charge in [-0.15, -0.1) is 11.3 Å². The van der Waals surface area contributed by atoms with Gasteiger partial charge in [0.05, 0.1) is 10.6 Å². The summed E-state index contributed by atoms with van der Waals surface area (Å²) in [4.78, 5) is 23.5. The van der Waals surface area contributed by atoms with Gasteiger partial charge in [0.15, 0.2) is 10.9 Å². The highest BCUT2D eigenvalue weighted by Crippen LogP contribution is 2.35. The zero-order valence-electron chi connectivity index (χ0n) is 19.6. The number of ketones is 1. The third-order valence-corrected chi connectivity index (χ3v) is 8.31. The number of thiazole rings is 1. The number of primary sulfonamides is 1. The number of nitrogens with zero attached hydrogens (tertiary/aromatic N) is 3. The Morgan fingerprint density at radius 3 is 2.08 bits per heavy atom. The molecule has 9 heteroatoms. The van der Waals surface area contributed by atoms with Gasteiger partial charge in [-0.25, -0.2) is 18.5 Å². The Kier molecular flexibility index (Phi) is 6.86. The number of aromatic nitrogens is 1. The molecular weight excluding hydrogens is 492 g/mol. The fraction of sp³-hybridized carbons (Fsp3) is 0.185. The van der Waals surface area contributed by atoms with E-state index in [4.69, 9.17) is 10.1 Å².